The van der Waals surface area contributed by atoms with Gasteiger partial charge in [0.1, 0.15) is 30.4 Å². The summed E-state index contributed by atoms with van der Waals surface area (Å²) in [6, 6.07) is 11.2. The lowest BCUT2D eigenvalue weighted by molar-refractivity contribution is 0.171. The zero-order valence-corrected chi connectivity index (χ0v) is 17.4. The van der Waals surface area contributed by atoms with Crippen molar-refractivity contribution in [3.63, 3.8) is 0 Å². The molecule has 0 saturated carbocycles. The highest BCUT2D eigenvalue weighted by molar-refractivity contribution is 6.39. The lowest BCUT2D eigenvalue weighted by Crippen LogP contribution is -2.15. The van der Waals surface area contributed by atoms with Crippen LogP contribution in [0.5, 0.6) is 17.4 Å². The van der Waals surface area contributed by atoms with Crippen LogP contribution in [-0.2, 0) is 0 Å². The Labute approximate surface area is 182 Å². The van der Waals surface area contributed by atoms with Gasteiger partial charge in [-0.2, -0.15) is 0 Å². The maximum atomic E-state index is 6.44. The van der Waals surface area contributed by atoms with E-state index in [4.69, 9.17) is 42.4 Å². The Kier molecular flexibility index (Phi) is 4.77. The van der Waals surface area contributed by atoms with Gasteiger partial charge in [0.25, 0.3) is 0 Å². The summed E-state index contributed by atoms with van der Waals surface area (Å²) in [5.41, 5.74) is 2.62. The van der Waals surface area contributed by atoms with Gasteiger partial charge in [-0.1, -0.05) is 29.3 Å². The highest BCUT2D eigenvalue weighted by Gasteiger charge is 2.22. The van der Waals surface area contributed by atoms with Crippen molar-refractivity contribution in [2.45, 2.75) is 0 Å². The number of methoxy groups -OCH3 is 1. The third-order valence-electron chi connectivity index (χ3n) is 4.71. The summed E-state index contributed by atoms with van der Waals surface area (Å²) in [6.45, 7) is 1.04. The van der Waals surface area contributed by atoms with Gasteiger partial charge in [-0.25, -0.2) is 9.38 Å². The molecule has 1 aliphatic heterocycles. The van der Waals surface area contributed by atoms with Crippen LogP contribution in [0.15, 0.2) is 48.8 Å². The van der Waals surface area contributed by atoms with E-state index in [9.17, 15) is 0 Å². The highest BCUT2D eigenvalue weighted by Crippen LogP contribution is 2.41. The maximum absolute atomic E-state index is 6.44. The SMILES string of the molecule is COc1cccc2nc(-c3c(Cl)cncc3Cl)c(Nc3ccc4c(c3)OCCO4)n12. The van der Waals surface area contributed by atoms with Gasteiger partial charge in [0.05, 0.1) is 17.2 Å². The number of hydrogen-bond donors (Lipinski definition) is 1. The highest BCUT2D eigenvalue weighted by atomic mass is 35.5. The zero-order valence-electron chi connectivity index (χ0n) is 15.9. The molecule has 0 radical (unpaired) electrons. The molecule has 5 rings (SSSR count). The molecule has 152 valence electrons. The summed E-state index contributed by atoms with van der Waals surface area (Å²) in [5, 5.41) is 4.22. The molecule has 0 unspecified atom stereocenters. The number of anilines is 2. The van der Waals surface area contributed by atoms with Gasteiger partial charge < -0.3 is 19.5 Å². The molecule has 0 bridgehead atoms. The lowest BCUT2D eigenvalue weighted by Gasteiger charge is -2.19. The number of nitrogens with one attached hydrogen (secondary N) is 1. The topological polar surface area (TPSA) is 69.9 Å². The molecule has 30 heavy (non-hydrogen) atoms. The minimum absolute atomic E-state index is 0.398. The Hall–Kier alpha value is -3.16. The van der Waals surface area contributed by atoms with Gasteiger partial charge >= 0.3 is 0 Å². The van der Waals surface area contributed by atoms with Crippen molar-refractivity contribution >= 4 is 40.4 Å². The molecule has 0 saturated heterocycles. The molecule has 0 aliphatic carbocycles. The van der Waals surface area contributed by atoms with E-state index < -0.39 is 0 Å². The molecule has 1 N–H and O–H groups in total. The lowest BCUT2D eigenvalue weighted by atomic mass is 10.2. The molecule has 1 aromatic carbocycles. The van der Waals surface area contributed by atoms with Gasteiger partial charge in [-0.3, -0.25) is 4.98 Å². The van der Waals surface area contributed by atoms with Crippen LogP contribution in [-0.4, -0.2) is 34.7 Å². The van der Waals surface area contributed by atoms with E-state index >= 15 is 0 Å². The first-order valence-electron chi connectivity index (χ1n) is 9.17. The summed E-state index contributed by atoms with van der Waals surface area (Å²) < 4.78 is 18.7. The van der Waals surface area contributed by atoms with E-state index in [1.54, 1.807) is 7.11 Å². The Morgan fingerprint density at radius 2 is 1.80 bits per heavy atom. The fraction of sp³-hybridized carbons (Fsp3) is 0.143. The van der Waals surface area contributed by atoms with Crippen LogP contribution in [0.2, 0.25) is 10.0 Å². The van der Waals surface area contributed by atoms with Crippen LogP contribution in [0.25, 0.3) is 16.9 Å². The third-order valence-corrected chi connectivity index (χ3v) is 5.29. The number of benzene rings is 1. The second kappa shape index (κ2) is 7.59. The van der Waals surface area contributed by atoms with Crippen molar-refractivity contribution in [2.75, 3.05) is 25.6 Å². The number of imidazole rings is 1. The quantitative estimate of drug-likeness (QED) is 0.466. The van der Waals surface area contributed by atoms with E-state index in [0.717, 1.165) is 5.69 Å². The van der Waals surface area contributed by atoms with Crippen molar-refractivity contribution in [1.29, 1.82) is 0 Å². The first kappa shape index (κ1) is 18.8. The molecule has 0 fully saturated rings. The van der Waals surface area contributed by atoms with E-state index in [0.29, 0.717) is 63.4 Å². The molecule has 4 heterocycles. The monoisotopic (exact) mass is 442 g/mol. The minimum Gasteiger partial charge on any atom is -0.486 e. The summed E-state index contributed by atoms with van der Waals surface area (Å²) in [5.74, 6) is 2.64. The minimum atomic E-state index is 0.398. The fourth-order valence-electron chi connectivity index (χ4n) is 3.41. The van der Waals surface area contributed by atoms with Crippen molar-refractivity contribution in [2.24, 2.45) is 0 Å². The number of ether oxygens (including phenoxy) is 3. The van der Waals surface area contributed by atoms with Crippen LogP contribution in [0.3, 0.4) is 0 Å². The molecule has 4 aromatic rings. The van der Waals surface area contributed by atoms with Crippen LogP contribution >= 0.6 is 23.2 Å². The van der Waals surface area contributed by atoms with Crippen LogP contribution in [0.1, 0.15) is 0 Å². The Morgan fingerprint density at radius 1 is 1.03 bits per heavy atom. The number of hydrogen-bond acceptors (Lipinski definition) is 6. The molecular weight excluding hydrogens is 427 g/mol. The van der Waals surface area contributed by atoms with E-state index in [1.165, 1.54) is 12.4 Å². The van der Waals surface area contributed by atoms with Crippen LogP contribution < -0.4 is 19.5 Å². The molecular formula is C21H16Cl2N4O3. The summed E-state index contributed by atoms with van der Waals surface area (Å²) >= 11 is 12.9. The summed E-state index contributed by atoms with van der Waals surface area (Å²) in [4.78, 5) is 8.81. The fourth-order valence-corrected chi connectivity index (χ4v) is 3.95. The molecule has 1 aliphatic rings. The molecule has 9 heteroatoms. The first-order valence-corrected chi connectivity index (χ1v) is 9.93. The van der Waals surface area contributed by atoms with Gasteiger partial charge in [0.15, 0.2) is 11.5 Å². The molecule has 0 spiro atoms. The van der Waals surface area contributed by atoms with Gasteiger partial charge in [-0.15, -0.1) is 0 Å². The number of nitrogens with zero attached hydrogens (tertiary/aromatic N) is 3. The molecule has 0 amide bonds. The second-order valence-corrected chi connectivity index (χ2v) is 7.35. The predicted octanol–water partition coefficient (Wildman–Crippen LogP) is 5.23. The van der Waals surface area contributed by atoms with Crippen molar-refractivity contribution in [3.8, 4) is 28.6 Å². The average Bonchev–Trinajstić information content (AvgIpc) is 3.11. The van der Waals surface area contributed by atoms with Crippen LogP contribution in [0.4, 0.5) is 11.5 Å². The number of aromatic nitrogens is 3. The molecule has 0 atom stereocenters. The number of fused-ring (bicyclic) bond motifs is 2. The molecule has 3 aromatic heterocycles. The predicted molar refractivity (Wildman–Crippen MR) is 116 cm³/mol. The van der Waals surface area contributed by atoms with Gasteiger partial charge in [0.2, 0.25) is 5.88 Å². The number of halogens is 2. The maximum Gasteiger partial charge on any atom is 0.200 e. The third kappa shape index (κ3) is 3.16. The van der Waals surface area contributed by atoms with Gasteiger partial charge in [0, 0.05) is 29.7 Å². The van der Waals surface area contributed by atoms with E-state index in [2.05, 4.69) is 10.3 Å². The normalized spacial score (nSPS) is 12.8. The smallest absolute Gasteiger partial charge is 0.200 e. The Bertz CT molecular complexity index is 1240. The Balaban J connectivity index is 1.71. The van der Waals surface area contributed by atoms with Crippen molar-refractivity contribution in [1.82, 2.24) is 14.4 Å². The number of rotatable bonds is 4. The second-order valence-electron chi connectivity index (χ2n) is 6.53. The van der Waals surface area contributed by atoms with E-state index in [1.807, 2.05) is 40.8 Å². The Morgan fingerprint density at radius 3 is 2.57 bits per heavy atom. The van der Waals surface area contributed by atoms with Crippen molar-refractivity contribution in [3.05, 3.63) is 58.8 Å². The van der Waals surface area contributed by atoms with Crippen LogP contribution in [0, 0.1) is 0 Å². The standard InChI is InChI=1S/C21H16Cl2N4O3/c1-28-18-4-2-3-17-26-20(19-13(22)10-24-11-14(19)23)21(27(17)18)25-12-5-6-15-16(9-12)30-8-7-29-15/h2-6,9-11,25H,7-8H2,1H3. The first-order chi connectivity index (χ1) is 14.7. The largest absolute Gasteiger partial charge is 0.486 e. The number of pyridine rings is 2. The summed E-state index contributed by atoms with van der Waals surface area (Å²) in [6.07, 6.45) is 3.08. The average molecular weight is 443 g/mol. The van der Waals surface area contributed by atoms with Crippen molar-refractivity contribution < 1.29 is 14.2 Å². The zero-order chi connectivity index (χ0) is 20.7. The van der Waals surface area contributed by atoms with Gasteiger partial charge in [-0.05, 0) is 24.3 Å². The molecule has 7 nitrogen and oxygen atoms in total. The van der Waals surface area contributed by atoms with E-state index in [-0.39, 0.29) is 0 Å². The summed E-state index contributed by atoms with van der Waals surface area (Å²) in [7, 11) is 1.61.